The molecule has 1 aromatic rings. The van der Waals surface area contributed by atoms with Crippen molar-refractivity contribution in [3.05, 3.63) is 48.0 Å². The Bertz CT molecular complexity index is 800. The molecule has 0 aliphatic carbocycles. The monoisotopic (exact) mass is 440 g/mol. The third kappa shape index (κ3) is 9.24. The van der Waals surface area contributed by atoms with Crippen LogP contribution in [0.4, 0.5) is 0 Å². The van der Waals surface area contributed by atoms with E-state index >= 15 is 0 Å². The zero-order chi connectivity index (χ0) is 23.3. The smallest absolute Gasteiger partial charge is 0.332 e. The molecule has 0 bridgehead atoms. The molecule has 0 fully saturated rings. The highest BCUT2D eigenvalue weighted by molar-refractivity contribution is 7.52. The van der Waals surface area contributed by atoms with Crippen molar-refractivity contribution in [2.45, 2.75) is 71.2 Å². The van der Waals surface area contributed by atoms with Gasteiger partial charge in [-0.1, -0.05) is 30.3 Å². The van der Waals surface area contributed by atoms with Gasteiger partial charge in [0.1, 0.15) is 5.60 Å². The van der Waals surface area contributed by atoms with Crippen LogP contribution in [-0.2, 0) is 29.6 Å². The van der Waals surface area contributed by atoms with Crippen LogP contribution in [0.3, 0.4) is 0 Å². The molecule has 1 aromatic carbocycles. The molecule has 0 aromatic heterocycles. The summed E-state index contributed by atoms with van der Waals surface area (Å²) in [7, 11) is -3.83. The second kappa shape index (κ2) is 9.90. The summed E-state index contributed by atoms with van der Waals surface area (Å²) in [5.41, 5.74) is -0.252. The van der Waals surface area contributed by atoms with E-state index in [9.17, 15) is 24.2 Å². The number of rotatable bonds is 9. The van der Waals surface area contributed by atoms with E-state index in [0.29, 0.717) is 11.1 Å². The van der Waals surface area contributed by atoms with Gasteiger partial charge in [0.25, 0.3) is 0 Å². The van der Waals surface area contributed by atoms with Crippen LogP contribution in [0.15, 0.2) is 36.9 Å². The molecule has 2 N–H and O–H groups in total. The molecule has 7 nitrogen and oxygen atoms in total. The Morgan fingerprint density at radius 2 is 1.63 bits per heavy atom. The van der Waals surface area contributed by atoms with Gasteiger partial charge in [0.15, 0.2) is 0 Å². The third-order valence-electron chi connectivity index (χ3n) is 3.97. The maximum Gasteiger partial charge on any atom is 0.332 e. The molecule has 30 heavy (non-hydrogen) atoms. The first-order valence-electron chi connectivity index (χ1n) is 9.71. The van der Waals surface area contributed by atoms with Crippen molar-refractivity contribution < 1.29 is 33.4 Å². The first-order valence-corrected chi connectivity index (χ1v) is 11.5. The average molecular weight is 440 g/mol. The molecule has 0 saturated heterocycles. The van der Waals surface area contributed by atoms with E-state index in [-0.39, 0.29) is 12.6 Å². The Kier molecular flexibility index (Phi) is 8.61. The van der Waals surface area contributed by atoms with Gasteiger partial charge in [-0.15, -0.1) is 6.58 Å². The number of hydrogen-bond acceptors (Lipinski definition) is 5. The van der Waals surface area contributed by atoms with E-state index < -0.39 is 42.6 Å². The summed E-state index contributed by atoms with van der Waals surface area (Å²) in [6.45, 7) is 14.0. The highest BCUT2D eigenvalue weighted by Gasteiger charge is 2.32. The van der Waals surface area contributed by atoms with E-state index in [1.54, 1.807) is 65.8 Å². The van der Waals surface area contributed by atoms with Crippen LogP contribution in [0.25, 0.3) is 0 Å². The van der Waals surface area contributed by atoms with Gasteiger partial charge in [-0.25, -0.2) is 0 Å². The van der Waals surface area contributed by atoms with Gasteiger partial charge in [0.2, 0.25) is 0 Å². The number of ether oxygens (including phenoxy) is 1. The normalized spacial score (nSPS) is 16.2. The minimum absolute atomic E-state index is 0.163. The average Bonchev–Trinajstić information content (AvgIpc) is 2.51. The Morgan fingerprint density at radius 1 is 1.10 bits per heavy atom. The number of aliphatic carboxylic acids is 1. The fourth-order valence-electron chi connectivity index (χ4n) is 3.00. The molecule has 0 aliphatic rings. The highest BCUT2D eigenvalue weighted by atomic mass is 31.2. The van der Waals surface area contributed by atoms with Crippen LogP contribution in [-0.4, -0.2) is 33.1 Å². The molecular weight excluding hydrogens is 407 g/mol. The van der Waals surface area contributed by atoms with Crippen molar-refractivity contribution in [3.63, 3.8) is 0 Å². The lowest BCUT2D eigenvalue weighted by atomic mass is 9.83. The molecule has 1 rings (SSSR count). The fourth-order valence-corrected chi connectivity index (χ4v) is 4.59. The number of carbonyl (C=O) groups excluding carboxylic acids is 1. The number of carbonyl (C=O) groups is 2. The Morgan fingerprint density at radius 3 is 2.03 bits per heavy atom. The standard InChI is InChI=1S/C22H33O7P/c1-8-17(18(20(24)25)13-19(23)28-21(2,3)4)16-11-9-15(10-12-16)14-30(26,27)29-22(5,6)7/h8-12,17-18H,1,13-14H2,2-7H3,(H,24,25)(H,26,27)/t17-,18+/m1/s1. The summed E-state index contributed by atoms with van der Waals surface area (Å²) in [5, 5.41) is 9.66. The van der Waals surface area contributed by atoms with Crippen LogP contribution >= 0.6 is 7.60 Å². The maximum atomic E-state index is 12.3. The van der Waals surface area contributed by atoms with E-state index in [4.69, 9.17) is 9.26 Å². The zero-order valence-corrected chi connectivity index (χ0v) is 19.4. The first kappa shape index (κ1) is 26.1. The highest BCUT2D eigenvalue weighted by Crippen LogP contribution is 2.49. The van der Waals surface area contributed by atoms with E-state index in [1.807, 2.05) is 0 Å². The summed E-state index contributed by atoms with van der Waals surface area (Å²) in [4.78, 5) is 34.0. The maximum absolute atomic E-state index is 12.3. The summed E-state index contributed by atoms with van der Waals surface area (Å²) < 4.78 is 22.8. The van der Waals surface area contributed by atoms with Gasteiger partial charge in [0.05, 0.1) is 24.1 Å². The van der Waals surface area contributed by atoms with Gasteiger partial charge in [0, 0.05) is 5.92 Å². The largest absolute Gasteiger partial charge is 0.481 e. The van der Waals surface area contributed by atoms with Crippen LogP contribution in [0, 0.1) is 5.92 Å². The number of benzene rings is 1. The summed E-state index contributed by atoms with van der Waals surface area (Å²) in [6.07, 6.45) is 1.03. The predicted octanol–water partition coefficient (Wildman–Crippen LogP) is 4.89. The lowest BCUT2D eigenvalue weighted by molar-refractivity contribution is -0.160. The summed E-state index contributed by atoms with van der Waals surface area (Å²) in [6, 6.07) is 6.63. The van der Waals surface area contributed by atoms with Gasteiger partial charge < -0.3 is 19.3 Å². The number of allylic oxidation sites excluding steroid dienone is 1. The van der Waals surface area contributed by atoms with Crippen molar-refractivity contribution >= 4 is 19.5 Å². The molecule has 0 saturated carbocycles. The Balaban J connectivity index is 3.01. The first-order chi connectivity index (χ1) is 13.5. The van der Waals surface area contributed by atoms with E-state index in [1.165, 1.54) is 6.08 Å². The Labute approximate surface area is 178 Å². The van der Waals surface area contributed by atoms with Crippen LogP contribution < -0.4 is 0 Å². The fraction of sp³-hybridized carbons (Fsp3) is 0.545. The van der Waals surface area contributed by atoms with Crippen LogP contribution in [0.2, 0.25) is 0 Å². The van der Waals surface area contributed by atoms with Crippen molar-refractivity contribution in [2.24, 2.45) is 5.92 Å². The molecule has 8 heteroatoms. The van der Waals surface area contributed by atoms with Crippen molar-refractivity contribution in [1.29, 1.82) is 0 Å². The quantitative estimate of drug-likeness (QED) is 0.320. The molecule has 0 amide bonds. The minimum atomic E-state index is -3.83. The second-order valence-corrected chi connectivity index (χ2v) is 11.0. The van der Waals surface area contributed by atoms with E-state index in [2.05, 4.69) is 6.58 Å². The van der Waals surface area contributed by atoms with Crippen molar-refractivity contribution in [1.82, 2.24) is 0 Å². The van der Waals surface area contributed by atoms with Gasteiger partial charge in [-0.2, -0.15) is 0 Å². The SMILES string of the molecule is C=C[C@H](c1ccc(CP(=O)(O)OC(C)(C)C)cc1)[C@H](CC(=O)OC(C)(C)C)C(=O)O. The van der Waals surface area contributed by atoms with Crippen molar-refractivity contribution in [2.75, 3.05) is 0 Å². The second-order valence-electron chi connectivity index (χ2n) is 9.24. The van der Waals surface area contributed by atoms with Crippen molar-refractivity contribution in [3.8, 4) is 0 Å². The predicted molar refractivity (Wildman–Crippen MR) is 115 cm³/mol. The number of carboxylic acid groups (broad SMARTS) is 1. The zero-order valence-electron chi connectivity index (χ0n) is 18.5. The summed E-state index contributed by atoms with van der Waals surface area (Å²) >= 11 is 0. The third-order valence-corrected chi connectivity index (χ3v) is 5.57. The van der Waals surface area contributed by atoms with Gasteiger partial charge in [-0.3, -0.25) is 14.2 Å². The Hall–Kier alpha value is -1.95. The molecular formula is C22H33O7P. The minimum Gasteiger partial charge on any atom is -0.481 e. The van der Waals surface area contributed by atoms with Crippen LogP contribution in [0.1, 0.15) is 65.0 Å². The number of hydrogen-bond donors (Lipinski definition) is 2. The molecule has 1 unspecified atom stereocenters. The van der Waals surface area contributed by atoms with E-state index in [0.717, 1.165) is 0 Å². The number of esters is 1. The molecule has 168 valence electrons. The lowest BCUT2D eigenvalue weighted by Gasteiger charge is -2.25. The van der Waals surface area contributed by atoms with Gasteiger partial charge in [-0.05, 0) is 52.7 Å². The number of carboxylic acids is 1. The van der Waals surface area contributed by atoms with Crippen LogP contribution in [0.5, 0.6) is 0 Å². The summed E-state index contributed by atoms with van der Waals surface area (Å²) in [5.74, 6) is -3.40. The molecule has 0 spiro atoms. The topological polar surface area (TPSA) is 110 Å². The molecule has 0 radical (unpaired) electrons. The van der Waals surface area contributed by atoms with Gasteiger partial charge >= 0.3 is 19.5 Å². The molecule has 3 atom stereocenters. The molecule has 0 heterocycles. The molecule has 0 aliphatic heterocycles. The lowest BCUT2D eigenvalue weighted by Crippen LogP contribution is -2.29.